The van der Waals surface area contributed by atoms with E-state index in [-0.39, 0.29) is 5.91 Å². The number of nitrogens with zero attached hydrogens (tertiary/aromatic N) is 1. The van der Waals surface area contributed by atoms with Crippen LogP contribution in [0.5, 0.6) is 11.5 Å². The van der Waals surface area contributed by atoms with E-state index in [0.29, 0.717) is 40.2 Å². The smallest absolute Gasteiger partial charge is 0.246 e. The van der Waals surface area contributed by atoms with Gasteiger partial charge in [-0.05, 0) is 47.9 Å². The molecule has 0 saturated heterocycles. The number of carbonyl (C=O) groups excluding carboxylic acids is 1. The summed E-state index contributed by atoms with van der Waals surface area (Å²) in [7, 11) is 3.22. The van der Waals surface area contributed by atoms with E-state index in [0.717, 1.165) is 12.0 Å². The van der Waals surface area contributed by atoms with Crippen LogP contribution in [-0.2, 0) is 17.8 Å². The van der Waals surface area contributed by atoms with Crippen molar-refractivity contribution in [1.29, 1.82) is 0 Å². The number of benzene rings is 2. The largest absolute Gasteiger partial charge is 0.493 e. The van der Waals surface area contributed by atoms with Gasteiger partial charge in [0.05, 0.1) is 14.2 Å². The van der Waals surface area contributed by atoms with Crippen LogP contribution in [0.2, 0.25) is 10.0 Å². The number of halogens is 2. The third-order valence-corrected chi connectivity index (χ3v) is 5.08. The number of carbonyl (C=O) groups is 1. The second-order valence-electron chi connectivity index (χ2n) is 5.95. The van der Waals surface area contributed by atoms with Crippen LogP contribution in [-0.4, -0.2) is 31.6 Å². The minimum absolute atomic E-state index is 0.0820. The van der Waals surface area contributed by atoms with Crippen molar-refractivity contribution in [1.82, 2.24) is 4.90 Å². The van der Waals surface area contributed by atoms with E-state index >= 15 is 0 Å². The molecular formula is C20H19Cl2NO3. The van der Waals surface area contributed by atoms with Crippen molar-refractivity contribution < 1.29 is 14.3 Å². The summed E-state index contributed by atoms with van der Waals surface area (Å²) in [5.74, 6) is 1.29. The molecule has 0 aliphatic carbocycles. The highest BCUT2D eigenvalue weighted by Gasteiger charge is 2.21. The van der Waals surface area contributed by atoms with Gasteiger partial charge in [-0.2, -0.15) is 0 Å². The van der Waals surface area contributed by atoms with Crippen LogP contribution < -0.4 is 9.47 Å². The first-order valence-electron chi connectivity index (χ1n) is 8.18. The summed E-state index contributed by atoms with van der Waals surface area (Å²) < 4.78 is 10.7. The van der Waals surface area contributed by atoms with Crippen molar-refractivity contribution in [3.05, 3.63) is 63.1 Å². The summed E-state index contributed by atoms with van der Waals surface area (Å²) in [4.78, 5) is 14.4. The van der Waals surface area contributed by atoms with Gasteiger partial charge >= 0.3 is 0 Å². The molecule has 0 radical (unpaired) electrons. The van der Waals surface area contributed by atoms with Gasteiger partial charge in [-0.1, -0.05) is 29.3 Å². The topological polar surface area (TPSA) is 38.8 Å². The lowest BCUT2D eigenvalue weighted by molar-refractivity contribution is -0.126. The molecule has 1 aliphatic heterocycles. The first-order chi connectivity index (χ1) is 12.5. The summed E-state index contributed by atoms with van der Waals surface area (Å²) in [5, 5.41) is 1.03. The third-order valence-electron chi connectivity index (χ3n) is 4.42. The van der Waals surface area contributed by atoms with Gasteiger partial charge in [-0.3, -0.25) is 4.79 Å². The Labute approximate surface area is 162 Å². The number of amides is 1. The standard InChI is InChI=1S/C20H19Cl2NO3/c1-25-18-10-13-8-9-23(12-14(13)11-19(18)26-2)20(24)7-6-15-16(21)4-3-5-17(15)22/h3-7,10-11H,8-9,12H2,1-2H3/b7-6+. The maximum atomic E-state index is 12.6. The number of rotatable bonds is 4. The fraction of sp³-hybridized carbons (Fsp3) is 0.250. The molecule has 4 nitrogen and oxygen atoms in total. The van der Waals surface area contributed by atoms with Gasteiger partial charge in [0.2, 0.25) is 5.91 Å². The van der Waals surface area contributed by atoms with Crippen LogP contribution in [0.3, 0.4) is 0 Å². The fourth-order valence-corrected chi connectivity index (χ4v) is 3.52. The van der Waals surface area contributed by atoms with E-state index in [1.165, 1.54) is 11.6 Å². The van der Waals surface area contributed by atoms with Gasteiger partial charge < -0.3 is 14.4 Å². The molecule has 0 bridgehead atoms. The van der Waals surface area contributed by atoms with Crippen molar-refractivity contribution in [2.75, 3.05) is 20.8 Å². The van der Waals surface area contributed by atoms with Crippen LogP contribution in [0.1, 0.15) is 16.7 Å². The van der Waals surface area contributed by atoms with E-state index in [4.69, 9.17) is 32.7 Å². The SMILES string of the molecule is COc1cc2c(cc1OC)CN(C(=O)/C=C/c1c(Cl)cccc1Cl)CC2. The third kappa shape index (κ3) is 3.81. The predicted molar refractivity (Wildman–Crippen MR) is 104 cm³/mol. The van der Waals surface area contributed by atoms with Crippen molar-refractivity contribution in [3.8, 4) is 11.5 Å². The second kappa shape index (κ2) is 8.02. The maximum Gasteiger partial charge on any atom is 0.246 e. The minimum atomic E-state index is -0.0820. The minimum Gasteiger partial charge on any atom is -0.493 e. The van der Waals surface area contributed by atoms with E-state index in [9.17, 15) is 4.79 Å². The zero-order chi connectivity index (χ0) is 18.7. The molecule has 0 fully saturated rings. The Morgan fingerprint density at radius 3 is 2.31 bits per heavy atom. The summed E-state index contributed by atoms with van der Waals surface area (Å²) in [6.07, 6.45) is 3.94. The van der Waals surface area contributed by atoms with E-state index < -0.39 is 0 Å². The maximum absolute atomic E-state index is 12.6. The molecular weight excluding hydrogens is 373 g/mol. The summed E-state index contributed by atoms with van der Waals surface area (Å²) in [6.45, 7) is 1.16. The molecule has 1 heterocycles. The number of ether oxygens (including phenoxy) is 2. The zero-order valence-corrected chi connectivity index (χ0v) is 16.1. The predicted octanol–water partition coefficient (Wildman–Crippen LogP) is 4.61. The average Bonchev–Trinajstić information content (AvgIpc) is 2.65. The van der Waals surface area contributed by atoms with Crippen molar-refractivity contribution in [3.63, 3.8) is 0 Å². The molecule has 0 unspecified atom stereocenters. The Hall–Kier alpha value is -2.17. The molecule has 0 aromatic heterocycles. The Kier molecular flexibility index (Phi) is 5.74. The normalized spacial score (nSPS) is 13.6. The van der Waals surface area contributed by atoms with Crippen LogP contribution in [0, 0.1) is 0 Å². The molecule has 1 aliphatic rings. The molecule has 2 aromatic carbocycles. The molecule has 0 atom stereocenters. The first-order valence-corrected chi connectivity index (χ1v) is 8.94. The van der Waals surface area contributed by atoms with Gasteiger partial charge in [0.1, 0.15) is 0 Å². The zero-order valence-electron chi connectivity index (χ0n) is 14.6. The fourth-order valence-electron chi connectivity index (χ4n) is 3.00. The summed E-state index contributed by atoms with van der Waals surface area (Å²) >= 11 is 12.3. The Bertz CT molecular complexity index is 844. The molecule has 0 N–H and O–H groups in total. The Morgan fingerprint density at radius 1 is 1.08 bits per heavy atom. The Balaban J connectivity index is 1.78. The number of hydrogen-bond donors (Lipinski definition) is 0. The van der Waals surface area contributed by atoms with Crippen LogP contribution in [0.25, 0.3) is 6.08 Å². The molecule has 6 heteroatoms. The highest BCUT2D eigenvalue weighted by Crippen LogP contribution is 2.33. The lowest BCUT2D eigenvalue weighted by Gasteiger charge is -2.28. The van der Waals surface area contributed by atoms with Crippen LogP contribution in [0.4, 0.5) is 0 Å². The average molecular weight is 392 g/mol. The van der Waals surface area contributed by atoms with Gasteiger partial charge in [-0.25, -0.2) is 0 Å². The summed E-state index contributed by atoms with van der Waals surface area (Å²) in [6, 6.07) is 9.17. The molecule has 1 amide bonds. The first kappa shape index (κ1) is 18.6. The lowest BCUT2D eigenvalue weighted by Crippen LogP contribution is -2.34. The monoisotopic (exact) mass is 391 g/mol. The highest BCUT2D eigenvalue weighted by molar-refractivity contribution is 6.37. The van der Waals surface area contributed by atoms with Crippen molar-refractivity contribution >= 4 is 35.2 Å². The lowest BCUT2D eigenvalue weighted by atomic mass is 9.98. The number of hydrogen-bond acceptors (Lipinski definition) is 3. The van der Waals surface area contributed by atoms with E-state index in [2.05, 4.69) is 0 Å². The summed E-state index contributed by atoms with van der Waals surface area (Å²) in [5.41, 5.74) is 2.88. The highest BCUT2D eigenvalue weighted by atomic mass is 35.5. The Morgan fingerprint density at radius 2 is 1.69 bits per heavy atom. The molecule has 2 aromatic rings. The van der Waals surface area contributed by atoms with Crippen LogP contribution in [0.15, 0.2) is 36.4 Å². The van der Waals surface area contributed by atoms with E-state index in [1.807, 2.05) is 12.1 Å². The van der Waals surface area contributed by atoms with Crippen LogP contribution >= 0.6 is 23.2 Å². The molecule has 0 saturated carbocycles. The molecule has 0 spiro atoms. The number of fused-ring (bicyclic) bond motifs is 1. The van der Waals surface area contributed by atoms with Crippen molar-refractivity contribution in [2.45, 2.75) is 13.0 Å². The molecule has 136 valence electrons. The van der Waals surface area contributed by atoms with Gasteiger partial charge in [0, 0.05) is 34.8 Å². The van der Waals surface area contributed by atoms with E-state index in [1.54, 1.807) is 43.4 Å². The van der Waals surface area contributed by atoms with Gasteiger partial charge in [-0.15, -0.1) is 0 Å². The number of methoxy groups -OCH3 is 2. The quantitative estimate of drug-likeness (QED) is 0.714. The van der Waals surface area contributed by atoms with Crippen molar-refractivity contribution in [2.24, 2.45) is 0 Å². The second-order valence-corrected chi connectivity index (χ2v) is 6.77. The van der Waals surface area contributed by atoms with Gasteiger partial charge in [0.25, 0.3) is 0 Å². The van der Waals surface area contributed by atoms with Gasteiger partial charge in [0.15, 0.2) is 11.5 Å². The molecule has 26 heavy (non-hydrogen) atoms. The molecule has 3 rings (SSSR count).